The third-order valence-corrected chi connectivity index (χ3v) is 3.98. The van der Waals surface area contributed by atoms with Crippen molar-refractivity contribution in [2.24, 2.45) is 0 Å². The zero-order valence-electron chi connectivity index (χ0n) is 12.5. The zero-order chi connectivity index (χ0) is 15.2. The largest absolute Gasteiger partial charge is 0.310 e. The average molecular weight is 306 g/mol. The molecule has 0 spiro atoms. The summed E-state index contributed by atoms with van der Waals surface area (Å²) in [6, 6.07) is 13.0. The number of hydrogen-bond acceptors (Lipinski definition) is 1. The standard InChI is InChI=1S/C18H21ClFN/c1-3-9-21-18(12-14-5-4-6-16(20)11-14)15-7-8-17(19)13(2)10-15/h4-8,10-11,18,21H,3,9,12H2,1-2H3. The lowest BCUT2D eigenvalue weighted by atomic mass is 9.97. The highest BCUT2D eigenvalue weighted by Crippen LogP contribution is 2.24. The maximum Gasteiger partial charge on any atom is 0.123 e. The molecule has 0 amide bonds. The minimum absolute atomic E-state index is 0.169. The molecule has 2 aromatic rings. The molecular formula is C18H21ClFN. The van der Waals surface area contributed by atoms with Crippen molar-refractivity contribution in [2.45, 2.75) is 32.7 Å². The summed E-state index contributed by atoms with van der Waals surface area (Å²) in [6.07, 6.45) is 1.82. The summed E-state index contributed by atoms with van der Waals surface area (Å²) in [5, 5.41) is 4.31. The predicted molar refractivity (Wildman–Crippen MR) is 87.3 cm³/mol. The van der Waals surface area contributed by atoms with Gasteiger partial charge in [-0.15, -0.1) is 0 Å². The fourth-order valence-electron chi connectivity index (χ4n) is 2.41. The molecule has 0 saturated heterocycles. The van der Waals surface area contributed by atoms with E-state index >= 15 is 0 Å². The highest BCUT2D eigenvalue weighted by Gasteiger charge is 2.13. The number of halogens is 2. The molecule has 0 heterocycles. The Hall–Kier alpha value is -1.38. The quantitative estimate of drug-likeness (QED) is 0.785. The predicted octanol–water partition coefficient (Wildman–Crippen LogP) is 5.07. The van der Waals surface area contributed by atoms with E-state index in [0.717, 1.165) is 35.5 Å². The van der Waals surface area contributed by atoms with E-state index < -0.39 is 0 Å². The van der Waals surface area contributed by atoms with Crippen molar-refractivity contribution in [3.8, 4) is 0 Å². The molecule has 2 rings (SSSR count). The van der Waals surface area contributed by atoms with Crippen molar-refractivity contribution in [1.29, 1.82) is 0 Å². The highest BCUT2D eigenvalue weighted by molar-refractivity contribution is 6.31. The molecule has 3 heteroatoms. The van der Waals surface area contributed by atoms with Crippen molar-refractivity contribution in [3.05, 3.63) is 70.0 Å². The molecular weight excluding hydrogens is 285 g/mol. The van der Waals surface area contributed by atoms with Crippen LogP contribution < -0.4 is 5.32 Å². The first kappa shape index (κ1) is 16.0. The Morgan fingerprint density at radius 2 is 2.00 bits per heavy atom. The van der Waals surface area contributed by atoms with Crippen molar-refractivity contribution in [1.82, 2.24) is 5.32 Å². The van der Waals surface area contributed by atoms with E-state index in [-0.39, 0.29) is 11.9 Å². The smallest absolute Gasteiger partial charge is 0.123 e. The molecule has 1 nitrogen and oxygen atoms in total. The van der Waals surface area contributed by atoms with Gasteiger partial charge in [0.05, 0.1) is 0 Å². The first-order valence-corrected chi connectivity index (χ1v) is 7.72. The van der Waals surface area contributed by atoms with E-state index in [2.05, 4.69) is 18.3 Å². The summed E-state index contributed by atoms with van der Waals surface area (Å²) in [4.78, 5) is 0. The van der Waals surface area contributed by atoms with E-state index in [4.69, 9.17) is 11.6 Å². The molecule has 0 aliphatic rings. The summed E-state index contributed by atoms with van der Waals surface area (Å²) in [7, 11) is 0. The molecule has 2 aromatic carbocycles. The van der Waals surface area contributed by atoms with Crippen LogP contribution in [-0.4, -0.2) is 6.54 Å². The lowest BCUT2D eigenvalue weighted by Gasteiger charge is -2.20. The number of benzene rings is 2. The second-order valence-corrected chi connectivity index (χ2v) is 5.76. The topological polar surface area (TPSA) is 12.0 Å². The summed E-state index contributed by atoms with van der Waals surface area (Å²) in [6.45, 7) is 5.08. The van der Waals surface area contributed by atoms with Crippen LogP contribution in [-0.2, 0) is 6.42 Å². The second kappa shape index (κ2) is 7.58. The third-order valence-electron chi connectivity index (χ3n) is 3.55. The van der Waals surface area contributed by atoms with Crippen LogP contribution >= 0.6 is 11.6 Å². The van der Waals surface area contributed by atoms with Gasteiger partial charge in [0.2, 0.25) is 0 Å². The van der Waals surface area contributed by atoms with Gasteiger partial charge in [-0.05, 0) is 61.2 Å². The van der Waals surface area contributed by atoms with Gasteiger partial charge in [0.25, 0.3) is 0 Å². The summed E-state index contributed by atoms with van der Waals surface area (Å²) < 4.78 is 13.4. The van der Waals surface area contributed by atoms with E-state index in [1.165, 1.54) is 11.6 Å². The van der Waals surface area contributed by atoms with Crippen LogP contribution in [0.1, 0.15) is 36.1 Å². The van der Waals surface area contributed by atoms with Crippen LogP contribution in [0.15, 0.2) is 42.5 Å². The fraction of sp³-hybridized carbons (Fsp3) is 0.333. The van der Waals surface area contributed by atoms with Crippen LogP contribution in [0.4, 0.5) is 4.39 Å². The summed E-state index contributed by atoms with van der Waals surface area (Å²) in [5.74, 6) is -0.186. The van der Waals surface area contributed by atoms with Gasteiger partial charge in [-0.25, -0.2) is 4.39 Å². The Labute approximate surface area is 131 Å². The summed E-state index contributed by atoms with van der Waals surface area (Å²) in [5.41, 5.74) is 3.25. The third kappa shape index (κ3) is 4.55. The number of hydrogen-bond donors (Lipinski definition) is 1. The van der Waals surface area contributed by atoms with Crippen LogP contribution in [0.3, 0.4) is 0 Å². The molecule has 21 heavy (non-hydrogen) atoms. The van der Waals surface area contributed by atoms with Crippen LogP contribution in [0.5, 0.6) is 0 Å². The Kier molecular flexibility index (Phi) is 5.77. The van der Waals surface area contributed by atoms with Gasteiger partial charge in [-0.3, -0.25) is 0 Å². The molecule has 0 saturated carbocycles. The zero-order valence-corrected chi connectivity index (χ0v) is 13.3. The van der Waals surface area contributed by atoms with Gasteiger partial charge in [-0.1, -0.05) is 42.8 Å². The molecule has 112 valence electrons. The average Bonchev–Trinajstić information content (AvgIpc) is 2.46. The van der Waals surface area contributed by atoms with Crippen LogP contribution in [0.2, 0.25) is 5.02 Å². The molecule has 0 aliphatic carbocycles. The Bertz CT molecular complexity index is 598. The SMILES string of the molecule is CCCNC(Cc1cccc(F)c1)c1ccc(Cl)c(C)c1. The Morgan fingerprint density at radius 1 is 1.19 bits per heavy atom. The van der Waals surface area contributed by atoms with Gasteiger partial charge >= 0.3 is 0 Å². The van der Waals surface area contributed by atoms with Crippen molar-refractivity contribution < 1.29 is 4.39 Å². The van der Waals surface area contributed by atoms with Gasteiger partial charge in [0.15, 0.2) is 0 Å². The maximum atomic E-state index is 13.4. The highest BCUT2D eigenvalue weighted by atomic mass is 35.5. The first-order valence-electron chi connectivity index (χ1n) is 7.34. The first-order chi connectivity index (χ1) is 10.1. The van der Waals surface area contributed by atoms with Crippen LogP contribution in [0.25, 0.3) is 0 Å². The molecule has 1 atom stereocenters. The van der Waals surface area contributed by atoms with E-state index in [1.807, 2.05) is 25.1 Å². The van der Waals surface area contributed by atoms with Gasteiger partial charge in [0.1, 0.15) is 5.82 Å². The van der Waals surface area contributed by atoms with E-state index in [1.54, 1.807) is 12.1 Å². The monoisotopic (exact) mass is 305 g/mol. The van der Waals surface area contributed by atoms with Gasteiger partial charge < -0.3 is 5.32 Å². The second-order valence-electron chi connectivity index (χ2n) is 5.35. The lowest BCUT2D eigenvalue weighted by Crippen LogP contribution is -2.24. The maximum absolute atomic E-state index is 13.4. The summed E-state index contributed by atoms with van der Waals surface area (Å²) >= 11 is 6.10. The minimum Gasteiger partial charge on any atom is -0.310 e. The fourth-order valence-corrected chi connectivity index (χ4v) is 2.53. The lowest BCUT2D eigenvalue weighted by molar-refractivity contribution is 0.527. The van der Waals surface area contributed by atoms with Crippen molar-refractivity contribution in [2.75, 3.05) is 6.54 Å². The molecule has 0 fully saturated rings. The number of nitrogens with one attached hydrogen (secondary N) is 1. The minimum atomic E-state index is -0.186. The van der Waals surface area contributed by atoms with E-state index in [9.17, 15) is 4.39 Å². The molecule has 1 N–H and O–H groups in total. The van der Waals surface area contributed by atoms with Gasteiger partial charge in [-0.2, -0.15) is 0 Å². The number of aryl methyl sites for hydroxylation is 1. The van der Waals surface area contributed by atoms with Gasteiger partial charge in [0, 0.05) is 11.1 Å². The molecule has 1 unspecified atom stereocenters. The molecule has 0 radical (unpaired) electrons. The Morgan fingerprint density at radius 3 is 2.67 bits per heavy atom. The van der Waals surface area contributed by atoms with Crippen molar-refractivity contribution in [3.63, 3.8) is 0 Å². The Balaban J connectivity index is 2.22. The molecule has 0 aliphatic heterocycles. The molecule has 0 aromatic heterocycles. The van der Waals surface area contributed by atoms with Crippen LogP contribution in [0, 0.1) is 12.7 Å². The molecule has 0 bridgehead atoms. The van der Waals surface area contributed by atoms with E-state index in [0.29, 0.717) is 0 Å². The normalized spacial score (nSPS) is 12.4. The van der Waals surface area contributed by atoms with Crippen molar-refractivity contribution >= 4 is 11.6 Å². The number of rotatable bonds is 6.